The Morgan fingerprint density at radius 2 is 2.19 bits per heavy atom. The van der Waals surface area contributed by atoms with E-state index in [0.29, 0.717) is 11.9 Å². The van der Waals surface area contributed by atoms with Crippen molar-refractivity contribution in [3.8, 4) is 0 Å². The molecule has 1 aromatic heterocycles. The van der Waals surface area contributed by atoms with Gasteiger partial charge in [0.15, 0.2) is 0 Å². The lowest BCUT2D eigenvalue weighted by Gasteiger charge is -2.28. The van der Waals surface area contributed by atoms with E-state index in [9.17, 15) is 0 Å². The highest BCUT2D eigenvalue weighted by Gasteiger charge is 2.22. The third-order valence-electron chi connectivity index (χ3n) is 3.60. The van der Waals surface area contributed by atoms with Crippen LogP contribution in [-0.4, -0.2) is 55.3 Å². The minimum absolute atomic E-state index is 0.153. The molecule has 1 aliphatic rings. The molecule has 2 rings (SSSR count). The molecule has 0 saturated carbocycles. The van der Waals surface area contributed by atoms with Gasteiger partial charge in [-0.05, 0) is 25.9 Å². The first-order chi connectivity index (χ1) is 9.85. The Hall–Kier alpha value is -1.40. The molecular weight excluding hydrogens is 266 g/mol. The second kappa shape index (κ2) is 6.58. The second-order valence-electron chi connectivity index (χ2n) is 6.85. The van der Waals surface area contributed by atoms with Crippen LogP contribution < -0.4 is 11.1 Å². The lowest BCUT2D eigenvalue weighted by Crippen LogP contribution is -2.34. The van der Waals surface area contributed by atoms with Crippen molar-refractivity contribution in [1.29, 1.82) is 0 Å². The predicted octanol–water partition coefficient (Wildman–Crippen LogP) is 1.56. The molecule has 1 aliphatic heterocycles. The third kappa shape index (κ3) is 4.82. The third-order valence-corrected chi connectivity index (χ3v) is 3.60. The van der Waals surface area contributed by atoms with Crippen molar-refractivity contribution in [3.05, 3.63) is 11.8 Å². The molecule has 1 aromatic rings. The SMILES string of the molecule is CN(C)CC(C)(C)CNc1cc([C@H]2CCOC2)nc(N)n1. The topological polar surface area (TPSA) is 76.3 Å². The zero-order chi connectivity index (χ0) is 15.5. The molecule has 6 nitrogen and oxygen atoms in total. The molecule has 118 valence electrons. The van der Waals surface area contributed by atoms with Gasteiger partial charge in [0, 0.05) is 31.7 Å². The number of nitrogens with one attached hydrogen (secondary N) is 1. The Kier molecular flexibility index (Phi) is 5.00. The van der Waals surface area contributed by atoms with Crippen LogP contribution >= 0.6 is 0 Å². The number of nitrogen functional groups attached to an aromatic ring is 1. The number of anilines is 2. The monoisotopic (exact) mass is 293 g/mol. The summed E-state index contributed by atoms with van der Waals surface area (Å²) in [6, 6.07) is 2.00. The summed E-state index contributed by atoms with van der Waals surface area (Å²) in [6.07, 6.45) is 1.00. The van der Waals surface area contributed by atoms with Crippen molar-refractivity contribution in [2.45, 2.75) is 26.2 Å². The average molecular weight is 293 g/mol. The average Bonchev–Trinajstić information content (AvgIpc) is 2.88. The molecule has 0 unspecified atom stereocenters. The minimum Gasteiger partial charge on any atom is -0.381 e. The summed E-state index contributed by atoms with van der Waals surface area (Å²) < 4.78 is 5.42. The van der Waals surface area contributed by atoms with Crippen molar-refractivity contribution in [1.82, 2.24) is 14.9 Å². The molecule has 0 spiro atoms. The Morgan fingerprint density at radius 1 is 1.43 bits per heavy atom. The first kappa shape index (κ1) is 16.0. The largest absolute Gasteiger partial charge is 0.381 e. The second-order valence-corrected chi connectivity index (χ2v) is 6.85. The van der Waals surface area contributed by atoms with Gasteiger partial charge in [0.25, 0.3) is 0 Å². The maximum absolute atomic E-state index is 5.84. The zero-order valence-corrected chi connectivity index (χ0v) is 13.5. The summed E-state index contributed by atoms with van der Waals surface area (Å²) >= 11 is 0. The van der Waals surface area contributed by atoms with Crippen molar-refractivity contribution >= 4 is 11.8 Å². The van der Waals surface area contributed by atoms with Crippen LogP contribution in [0.2, 0.25) is 0 Å². The minimum atomic E-state index is 0.153. The maximum atomic E-state index is 5.84. The van der Waals surface area contributed by atoms with Gasteiger partial charge in [-0.2, -0.15) is 4.98 Å². The smallest absolute Gasteiger partial charge is 0.222 e. The molecule has 3 N–H and O–H groups in total. The standard InChI is InChI=1S/C15H27N5O/c1-15(2,10-20(3)4)9-17-13-7-12(18-14(16)19-13)11-5-6-21-8-11/h7,11H,5-6,8-10H2,1-4H3,(H3,16,17,18,19)/t11-/m0/s1. The van der Waals surface area contributed by atoms with E-state index in [0.717, 1.165) is 44.2 Å². The molecule has 6 heteroatoms. The summed E-state index contributed by atoms with van der Waals surface area (Å²) in [5, 5.41) is 3.40. The van der Waals surface area contributed by atoms with Crippen LogP contribution in [0.15, 0.2) is 6.07 Å². The van der Waals surface area contributed by atoms with E-state index < -0.39 is 0 Å². The van der Waals surface area contributed by atoms with E-state index >= 15 is 0 Å². The highest BCUT2D eigenvalue weighted by molar-refractivity contribution is 5.41. The van der Waals surface area contributed by atoms with E-state index in [4.69, 9.17) is 10.5 Å². The summed E-state index contributed by atoms with van der Waals surface area (Å²) in [7, 11) is 4.17. The quantitative estimate of drug-likeness (QED) is 0.829. The van der Waals surface area contributed by atoms with E-state index in [1.807, 2.05) is 6.07 Å². The number of aromatic nitrogens is 2. The lowest BCUT2D eigenvalue weighted by molar-refractivity contribution is 0.193. The van der Waals surface area contributed by atoms with Gasteiger partial charge in [-0.15, -0.1) is 0 Å². The molecule has 1 fully saturated rings. The lowest BCUT2D eigenvalue weighted by atomic mass is 9.93. The number of hydrogen-bond donors (Lipinski definition) is 2. The van der Waals surface area contributed by atoms with Crippen molar-refractivity contribution < 1.29 is 4.74 Å². The van der Waals surface area contributed by atoms with Gasteiger partial charge in [0.1, 0.15) is 5.82 Å². The first-order valence-electron chi connectivity index (χ1n) is 7.46. The molecule has 1 atom stereocenters. The molecule has 0 aliphatic carbocycles. The van der Waals surface area contributed by atoms with E-state index in [2.05, 4.69) is 48.1 Å². The summed E-state index contributed by atoms with van der Waals surface area (Å²) in [6.45, 7) is 7.83. The first-order valence-corrected chi connectivity index (χ1v) is 7.46. The van der Waals surface area contributed by atoms with Gasteiger partial charge in [-0.1, -0.05) is 13.8 Å². The highest BCUT2D eigenvalue weighted by atomic mass is 16.5. The van der Waals surface area contributed by atoms with Gasteiger partial charge in [-0.25, -0.2) is 4.98 Å². The zero-order valence-electron chi connectivity index (χ0n) is 13.5. The van der Waals surface area contributed by atoms with Crippen molar-refractivity contribution in [3.63, 3.8) is 0 Å². The molecule has 0 radical (unpaired) electrons. The molecule has 0 bridgehead atoms. The fourth-order valence-electron chi connectivity index (χ4n) is 2.79. The van der Waals surface area contributed by atoms with Gasteiger partial charge in [-0.3, -0.25) is 0 Å². The van der Waals surface area contributed by atoms with E-state index in [1.165, 1.54) is 0 Å². The number of ether oxygens (including phenoxy) is 1. The van der Waals surface area contributed by atoms with Crippen LogP contribution in [0.25, 0.3) is 0 Å². The fourth-order valence-corrected chi connectivity index (χ4v) is 2.79. The summed E-state index contributed by atoms with van der Waals surface area (Å²) in [5.74, 6) is 1.47. The number of nitrogens with zero attached hydrogens (tertiary/aromatic N) is 3. The molecule has 2 heterocycles. The van der Waals surface area contributed by atoms with Crippen LogP contribution in [0.5, 0.6) is 0 Å². The van der Waals surface area contributed by atoms with E-state index in [1.54, 1.807) is 0 Å². The van der Waals surface area contributed by atoms with Crippen molar-refractivity contribution in [2.75, 3.05) is 51.4 Å². The normalized spacial score (nSPS) is 19.2. The number of rotatable bonds is 6. The molecule has 21 heavy (non-hydrogen) atoms. The van der Waals surface area contributed by atoms with E-state index in [-0.39, 0.29) is 5.41 Å². The van der Waals surface area contributed by atoms with Crippen LogP contribution in [0.1, 0.15) is 31.9 Å². The number of hydrogen-bond acceptors (Lipinski definition) is 6. The Balaban J connectivity index is 2.02. The molecule has 0 aromatic carbocycles. The Bertz CT molecular complexity index is 469. The van der Waals surface area contributed by atoms with Gasteiger partial charge in [0.05, 0.1) is 12.3 Å². The number of nitrogens with two attached hydrogens (primary N) is 1. The van der Waals surface area contributed by atoms with Crippen LogP contribution in [-0.2, 0) is 4.74 Å². The summed E-state index contributed by atoms with van der Waals surface area (Å²) in [4.78, 5) is 10.8. The Morgan fingerprint density at radius 3 is 2.81 bits per heavy atom. The van der Waals surface area contributed by atoms with Crippen molar-refractivity contribution in [2.24, 2.45) is 5.41 Å². The fraction of sp³-hybridized carbons (Fsp3) is 0.733. The molecular formula is C15H27N5O. The van der Waals surface area contributed by atoms with Crippen LogP contribution in [0.3, 0.4) is 0 Å². The molecule has 1 saturated heterocycles. The van der Waals surface area contributed by atoms with Gasteiger partial charge in [0.2, 0.25) is 5.95 Å². The predicted molar refractivity (Wildman–Crippen MR) is 85.4 cm³/mol. The van der Waals surface area contributed by atoms with Gasteiger partial charge < -0.3 is 20.7 Å². The summed E-state index contributed by atoms with van der Waals surface area (Å²) in [5.41, 5.74) is 6.97. The van der Waals surface area contributed by atoms with Crippen LogP contribution in [0, 0.1) is 5.41 Å². The molecule has 0 amide bonds. The highest BCUT2D eigenvalue weighted by Crippen LogP contribution is 2.26. The Labute approximate surface area is 127 Å². The van der Waals surface area contributed by atoms with Gasteiger partial charge >= 0.3 is 0 Å². The van der Waals surface area contributed by atoms with Crippen LogP contribution in [0.4, 0.5) is 11.8 Å². The maximum Gasteiger partial charge on any atom is 0.222 e.